The number of hydrogen-bond acceptors (Lipinski definition) is 2. The molecule has 0 saturated heterocycles. The van der Waals surface area contributed by atoms with Gasteiger partial charge in [-0.25, -0.2) is 4.39 Å². The first-order valence-electron chi connectivity index (χ1n) is 5.05. The van der Waals surface area contributed by atoms with E-state index in [4.69, 9.17) is 11.6 Å². The van der Waals surface area contributed by atoms with E-state index in [1.54, 1.807) is 12.1 Å². The van der Waals surface area contributed by atoms with E-state index in [-0.39, 0.29) is 24.0 Å². The highest BCUT2D eigenvalue weighted by molar-refractivity contribution is 6.30. The zero-order chi connectivity index (χ0) is 12.0. The lowest BCUT2D eigenvalue weighted by Gasteiger charge is -2.06. The first-order valence-corrected chi connectivity index (χ1v) is 5.43. The second kappa shape index (κ2) is 6.45. The molecule has 0 aliphatic carbocycles. The van der Waals surface area contributed by atoms with Gasteiger partial charge in [0, 0.05) is 18.7 Å². The molecule has 16 heavy (non-hydrogen) atoms. The summed E-state index contributed by atoms with van der Waals surface area (Å²) in [6.07, 6.45) is 0. The van der Waals surface area contributed by atoms with Crippen LogP contribution in [0.3, 0.4) is 0 Å². The third kappa shape index (κ3) is 3.79. The van der Waals surface area contributed by atoms with E-state index >= 15 is 0 Å². The first-order chi connectivity index (χ1) is 7.65. The number of carbonyl (C=O) groups is 1. The van der Waals surface area contributed by atoms with Crippen LogP contribution in [0, 0.1) is 5.82 Å². The van der Waals surface area contributed by atoms with Crippen LogP contribution in [0.15, 0.2) is 18.2 Å². The van der Waals surface area contributed by atoms with Crippen molar-refractivity contribution in [3.8, 4) is 0 Å². The monoisotopic (exact) mass is 244 g/mol. The SMILES string of the molecule is CCNC(=O)CNCc1cccc(Cl)c1F. The Kier molecular flexibility index (Phi) is 5.22. The van der Waals surface area contributed by atoms with Crippen molar-refractivity contribution in [2.24, 2.45) is 0 Å². The average Bonchev–Trinajstić information content (AvgIpc) is 2.25. The average molecular weight is 245 g/mol. The predicted octanol–water partition coefficient (Wildman–Crippen LogP) is 1.70. The van der Waals surface area contributed by atoms with Gasteiger partial charge in [0.2, 0.25) is 5.91 Å². The fraction of sp³-hybridized carbons (Fsp3) is 0.364. The molecule has 5 heteroatoms. The number of likely N-dealkylation sites (N-methyl/N-ethyl adjacent to an activating group) is 1. The fourth-order valence-corrected chi connectivity index (χ4v) is 1.45. The van der Waals surface area contributed by atoms with Gasteiger partial charge in [0.25, 0.3) is 0 Å². The summed E-state index contributed by atoms with van der Waals surface area (Å²) in [6.45, 7) is 2.88. The van der Waals surface area contributed by atoms with Gasteiger partial charge in [-0.05, 0) is 13.0 Å². The molecule has 1 aromatic rings. The van der Waals surface area contributed by atoms with E-state index < -0.39 is 5.82 Å². The quantitative estimate of drug-likeness (QED) is 0.828. The molecule has 0 heterocycles. The highest BCUT2D eigenvalue weighted by Crippen LogP contribution is 2.17. The van der Waals surface area contributed by atoms with E-state index in [0.29, 0.717) is 12.1 Å². The largest absolute Gasteiger partial charge is 0.355 e. The van der Waals surface area contributed by atoms with Gasteiger partial charge in [0.05, 0.1) is 11.6 Å². The number of nitrogens with one attached hydrogen (secondary N) is 2. The lowest BCUT2D eigenvalue weighted by atomic mass is 10.2. The Labute approximate surface area is 99.0 Å². The highest BCUT2D eigenvalue weighted by Gasteiger charge is 2.06. The van der Waals surface area contributed by atoms with Crippen molar-refractivity contribution in [2.45, 2.75) is 13.5 Å². The van der Waals surface area contributed by atoms with Crippen LogP contribution in [0.2, 0.25) is 5.02 Å². The normalized spacial score (nSPS) is 10.2. The maximum Gasteiger partial charge on any atom is 0.233 e. The van der Waals surface area contributed by atoms with Gasteiger partial charge >= 0.3 is 0 Å². The van der Waals surface area contributed by atoms with Crippen LogP contribution in [-0.2, 0) is 11.3 Å². The van der Waals surface area contributed by atoms with E-state index in [2.05, 4.69) is 10.6 Å². The van der Waals surface area contributed by atoms with Crippen LogP contribution in [0.5, 0.6) is 0 Å². The smallest absolute Gasteiger partial charge is 0.233 e. The summed E-state index contributed by atoms with van der Waals surface area (Å²) in [5.74, 6) is -0.544. The molecule has 0 bridgehead atoms. The molecule has 0 saturated carbocycles. The van der Waals surface area contributed by atoms with E-state index in [9.17, 15) is 9.18 Å². The Morgan fingerprint density at radius 1 is 1.50 bits per heavy atom. The molecule has 1 rings (SSSR count). The van der Waals surface area contributed by atoms with Crippen molar-refractivity contribution in [3.05, 3.63) is 34.6 Å². The second-order valence-corrected chi connectivity index (χ2v) is 3.68. The van der Waals surface area contributed by atoms with Crippen molar-refractivity contribution in [1.29, 1.82) is 0 Å². The van der Waals surface area contributed by atoms with Gasteiger partial charge < -0.3 is 10.6 Å². The Hall–Kier alpha value is -1.13. The molecule has 0 aliphatic heterocycles. The topological polar surface area (TPSA) is 41.1 Å². The molecule has 0 spiro atoms. The van der Waals surface area contributed by atoms with Crippen molar-refractivity contribution in [1.82, 2.24) is 10.6 Å². The minimum atomic E-state index is -0.437. The number of hydrogen-bond donors (Lipinski definition) is 2. The number of halogens is 2. The van der Waals surface area contributed by atoms with E-state index in [1.165, 1.54) is 6.07 Å². The summed E-state index contributed by atoms with van der Waals surface area (Å²) in [7, 11) is 0. The van der Waals surface area contributed by atoms with Gasteiger partial charge in [0.1, 0.15) is 5.82 Å². The number of benzene rings is 1. The van der Waals surface area contributed by atoms with Crippen molar-refractivity contribution < 1.29 is 9.18 Å². The summed E-state index contributed by atoms with van der Waals surface area (Å²) >= 11 is 5.62. The highest BCUT2D eigenvalue weighted by atomic mass is 35.5. The predicted molar refractivity (Wildman–Crippen MR) is 61.8 cm³/mol. The second-order valence-electron chi connectivity index (χ2n) is 3.27. The Morgan fingerprint density at radius 3 is 2.94 bits per heavy atom. The van der Waals surface area contributed by atoms with Crippen LogP contribution in [0.25, 0.3) is 0 Å². The maximum atomic E-state index is 13.4. The van der Waals surface area contributed by atoms with Crippen LogP contribution < -0.4 is 10.6 Å². The molecular weight excluding hydrogens is 231 g/mol. The zero-order valence-corrected chi connectivity index (χ0v) is 9.77. The molecule has 1 aromatic carbocycles. The summed E-state index contributed by atoms with van der Waals surface area (Å²) < 4.78 is 13.4. The van der Waals surface area contributed by atoms with Crippen molar-refractivity contribution >= 4 is 17.5 Å². The van der Waals surface area contributed by atoms with Crippen molar-refractivity contribution in [3.63, 3.8) is 0 Å². The fourth-order valence-electron chi connectivity index (χ4n) is 1.26. The van der Waals surface area contributed by atoms with Crippen LogP contribution in [0.1, 0.15) is 12.5 Å². The molecule has 3 nitrogen and oxygen atoms in total. The molecule has 1 amide bonds. The molecule has 0 aliphatic rings. The Bertz CT molecular complexity index is 371. The molecular formula is C11H14ClFN2O. The molecule has 0 radical (unpaired) electrons. The van der Waals surface area contributed by atoms with Crippen LogP contribution in [0.4, 0.5) is 4.39 Å². The van der Waals surface area contributed by atoms with Crippen LogP contribution >= 0.6 is 11.6 Å². The zero-order valence-electron chi connectivity index (χ0n) is 9.02. The van der Waals surface area contributed by atoms with Gasteiger partial charge in [-0.3, -0.25) is 4.79 Å². The lowest BCUT2D eigenvalue weighted by molar-refractivity contribution is -0.120. The standard InChI is InChI=1S/C11H14ClFN2O/c1-2-15-10(16)7-14-6-8-4-3-5-9(12)11(8)13/h3-5,14H,2,6-7H2,1H3,(H,15,16). The first kappa shape index (κ1) is 12.9. The Morgan fingerprint density at radius 2 is 2.25 bits per heavy atom. The van der Waals surface area contributed by atoms with Gasteiger partial charge in [-0.1, -0.05) is 23.7 Å². The van der Waals surface area contributed by atoms with Gasteiger partial charge in [-0.15, -0.1) is 0 Å². The lowest BCUT2D eigenvalue weighted by Crippen LogP contribution is -2.33. The van der Waals surface area contributed by atoms with Gasteiger partial charge in [0.15, 0.2) is 0 Å². The third-order valence-corrected chi connectivity index (χ3v) is 2.30. The number of rotatable bonds is 5. The minimum absolute atomic E-state index is 0.0947. The van der Waals surface area contributed by atoms with Crippen LogP contribution in [-0.4, -0.2) is 19.0 Å². The number of amides is 1. The molecule has 88 valence electrons. The van der Waals surface area contributed by atoms with E-state index in [0.717, 1.165) is 0 Å². The summed E-state index contributed by atoms with van der Waals surface area (Å²) in [5, 5.41) is 5.57. The maximum absolute atomic E-state index is 13.4. The third-order valence-electron chi connectivity index (χ3n) is 2.01. The van der Waals surface area contributed by atoms with Crippen molar-refractivity contribution in [2.75, 3.05) is 13.1 Å². The minimum Gasteiger partial charge on any atom is -0.355 e. The van der Waals surface area contributed by atoms with Gasteiger partial charge in [-0.2, -0.15) is 0 Å². The summed E-state index contributed by atoms with van der Waals surface area (Å²) in [5.41, 5.74) is 0.455. The van der Waals surface area contributed by atoms with E-state index in [1.807, 2.05) is 6.92 Å². The molecule has 0 atom stereocenters. The molecule has 0 aromatic heterocycles. The molecule has 0 unspecified atom stereocenters. The summed E-state index contributed by atoms with van der Waals surface area (Å²) in [4.78, 5) is 11.1. The summed E-state index contributed by atoms with van der Waals surface area (Å²) in [6, 6.07) is 4.80. The Balaban J connectivity index is 2.43. The molecule has 2 N–H and O–H groups in total. The number of carbonyl (C=O) groups excluding carboxylic acids is 1. The molecule has 0 fully saturated rings.